The molecule has 1 fully saturated rings. The Morgan fingerprint density at radius 2 is 1.68 bits per heavy atom. The van der Waals surface area contributed by atoms with Gasteiger partial charge in [-0.25, -0.2) is 15.6 Å². The average molecular weight is 522 g/mol. The SMILES string of the molecule is CCOC(=O)CNC(=O)[C@H](CCCCN(N)C(=O)OCC1C2CCC#CCCC21)NC(=O)CNC(C)=O. The van der Waals surface area contributed by atoms with Crippen LogP contribution in [0.25, 0.3) is 0 Å². The van der Waals surface area contributed by atoms with E-state index in [1.165, 1.54) is 6.92 Å². The van der Waals surface area contributed by atoms with E-state index < -0.39 is 29.9 Å². The van der Waals surface area contributed by atoms with Gasteiger partial charge >= 0.3 is 12.1 Å². The van der Waals surface area contributed by atoms with Crippen molar-refractivity contribution in [1.29, 1.82) is 0 Å². The molecule has 0 bridgehead atoms. The Morgan fingerprint density at radius 1 is 1.00 bits per heavy atom. The maximum Gasteiger partial charge on any atom is 0.424 e. The smallest absolute Gasteiger partial charge is 0.424 e. The number of amides is 4. The Hall–Kier alpha value is -3.33. The van der Waals surface area contributed by atoms with Gasteiger partial charge in [0, 0.05) is 26.3 Å². The summed E-state index contributed by atoms with van der Waals surface area (Å²) in [4.78, 5) is 59.5. The fourth-order valence-electron chi connectivity index (χ4n) is 4.47. The predicted molar refractivity (Wildman–Crippen MR) is 133 cm³/mol. The Kier molecular flexibility index (Phi) is 12.7. The van der Waals surface area contributed by atoms with E-state index >= 15 is 0 Å². The van der Waals surface area contributed by atoms with Gasteiger partial charge in [0.05, 0.1) is 19.8 Å². The molecule has 37 heavy (non-hydrogen) atoms. The van der Waals surface area contributed by atoms with E-state index in [-0.39, 0.29) is 38.6 Å². The van der Waals surface area contributed by atoms with Crippen LogP contribution in [0.1, 0.15) is 58.8 Å². The molecule has 2 aliphatic rings. The third kappa shape index (κ3) is 11.1. The number of unbranched alkanes of at least 4 members (excludes halogenated alkanes) is 1. The van der Waals surface area contributed by atoms with Crippen molar-refractivity contribution < 1.29 is 33.4 Å². The van der Waals surface area contributed by atoms with E-state index in [0.29, 0.717) is 37.2 Å². The maximum absolute atomic E-state index is 12.5. The van der Waals surface area contributed by atoms with E-state index in [4.69, 9.17) is 15.3 Å². The zero-order valence-corrected chi connectivity index (χ0v) is 21.7. The number of rotatable bonds is 14. The highest BCUT2D eigenvalue weighted by Gasteiger charge is 2.49. The van der Waals surface area contributed by atoms with Gasteiger partial charge in [0.25, 0.3) is 0 Å². The summed E-state index contributed by atoms with van der Waals surface area (Å²) in [5.74, 6) is 11.6. The van der Waals surface area contributed by atoms with Crippen LogP contribution < -0.4 is 21.8 Å². The zero-order chi connectivity index (χ0) is 27.2. The molecule has 0 spiro atoms. The quantitative estimate of drug-likeness (QED) is 0.0628. The molecule has 0 radical (unpaired) electrons. The van der Waals surface area contributed by atoms with Crippen molar-refractivity contribution in [2.24, 2.45) is 23.6 Å². The lowest BCUT2D eigenvalue weighted by Crippen LogP contribution is -2.50. The Balaban J connectivity index is 1.72. The van der Waals surface area contributed by atoms with Crippen molar-refractivity contribution in [2.45, 2.75) is 64.8 Å². The van der Waals surface area contributed by atoms with Gasteiger partial charge < -0.3 is 25.4 Å². The van der Waals surface area contributed by atoms with Gasteiger partial charge in [-0.05, 0) is 56.8 Å². The van der Waals surface area contributed by atoms with E-state index in [1.807, 2.05) is 0 Å². The summed E-state index contributed by atoms with van der Waals surface area (Å²) < 4.78 is 10.2. The molecule has 1 saturated carbocycles. The molecule has 0 aromatic rings. The van der Waals surface area contributed by atoms with Crippen LogP contribution in [-0.2, 0) is 28.7 Å². The molecule has 0 heterocycles. The number of ether oxygens (including phenoxy) is 2. The second-order valence-corrected chi connectivity index (χ2v) is 9.24. The van der Waals surface area contributed by atoms with Crippen molar-refractivity contribution in [3.05, 3.63) is 0 Å². The zero-order valence-electron chi connectivity index (χ0n) is 21.7. The minimum Gasteiger partial charge on any atom is -0.465 e. The van der Waals surface area contributed by atoms with Crippen LogP contribution in [0.5, 0.6) is 0 Å². The third-order valence-electron chi connectivity index (χ3n) is 6.48. The molecular weight excluding hydrogens is 482 g/mol. The van der Waals surface area contributed by atoms with Crippen molar-refractivity contribution in [2.75, 3.05) is 32.8 Å². The molecule has 12 nitrogen and oxygen atoms in total. The first-order valence-electron chi connectivity index (χ1n) is 12.8. The number of esters is 1. The van der Waals surface area contributed by atoms with E-state index in [1.54, 1.807) is 6.92 Å². The number of nitrogens with zero attached hydrogens (tertiary/aromatic N) is 1. The molecule has 12 heteroatoms. The fraction of sp³-hybridized carbons (Fsp3) is 0.720. The standard InChI is InChI=1S/C25H39N5O7/c1-3-36-23(33)15-28-24(34)21(29-22(32)14-27-17(2)31)12-8-9-13-30(26)25(35)37-16-20-18-10-6-4-5-7-11-19(18)20/h18-21H,3,6-16,26H2,1-2H3,(H,27,31)(H,28,34)(H,29,32)/t18?,19?,20?,21-/m0/s1. The maximum atomic E-state index is 12.5. The van der Waals surface area contributed by atoms with Crippen LogP contribution in [0.3, 0.4) is 0 Å². The summed E-state index contributed by atoms with van der Waals surface area (Å²) in [6.45, 7) is 3.05. The molecular formula is C25H39N5O7. The molecule has 0 saturated heterocycles. The summed E-state index contributed by atoms with van der Waals surface area (Å²) >= 11 is 0. The van der Waals surface area contributed by atoms with Gasteiger partial charge in [-0.15, -0.1) is 11.8 Å². The van der Waals surface area contributed by atoms with Crippen LogP contribution in [0, 0.1) is 29.6 Å². The number of nitrogens with two attached hydrogens (primary N) is 1. The molecule has 4 amide bonds. The van der Waals surface area contributed by atoms with E-state index in [2.05, 4.69) is 27.8 Å². The van der Waals surface area contributed by atoms with E-state index in [9.17, 15) is 24.0 Å². The molecule has 0 aliphatic heterocycles. The van der Waals surface area contributed by atoms with Crippen molar-refractivity contribution in [1.82, 2.24) is 21.0 Å². The van der Waals surface area contributed by atoms with Gasteiger partial charge in [0.1, 0.15) is 12.6 Å². The number of nitrogens with one attached hydrogen (secondary N) is 3. The van der Waals surface area contributed by atoms with Gasteiger partial charge in [0.15, 0.2) is 0 Å². The highest BCUT2D eigenvalue weighted by molar-refractivity contribution is 5.91. The van der Waals surface area contributed by atoms with E-state index in [0.717, 1.165) is 30.7 Å². The van der Waals surface area contributed by atoms with Gasteiger partial charge in [-0.1, -0.05) is 0 Å². The van der Waals surface area contributed by atoms with Gasteiger partial charge in [-0.2, -0.15) is 0 Å². The predicted octanol–water partition coefficient (Wildman–Crippen LogP) is 0.209. The van der Waals surface area contributed by atoms with Crippen LogP contribution >= 0.6 is 0 Å². The van der Waals surface area contributed by atoms with Crippen LogP contribution in [0.15, 0.2) is 0 Å². The first kappa shape index (κ1) is 29.9. The van der Waals surface area contributed by atoms with Crippen LogP contribution in [0.2, 0.25) is 0 Å². The molecule has 206 valence electrons. The summed E-state index contributed by atoms with van der Waals surface area (Å²) in [6, 6.07) is -0.941. The van der Waals surface area contributed by atoms with Gasteiger partial charge in [0.2, 0.25) is 17.7 Å². The highest BCUT2D eigenvalue weighted by Crippen LogP contribution is 2.52. The molecule has 2 rings (SSSR count). The topological polar surface area (TPSA) is 169 Å². The number of fused-ring (bicyclic) bond motifs is 1. The molecule has 0 aromatic carbocycles. The average Bonchev–Trinajstić information content (AvgIpc) is 3.50. The van der Waals surface area contributed by atoms with Gasteiger partial charge in [-0.3, -0.25) is 19.2 Å². The Labute approximate surface area is 217 Å². The molecule has 2 unspecified atom stereocenters. The normalized spacial score (nSPS) is 20.4. The number of hydrogen-bond acceptors (Lipinski definition) is 8. The largest absolute Gasteiger partial charge is 0.465 e. The fourth-order valence-corrected chi connectivity index (χ4v) is 4.47. The van der Waals surface area contributed by atoms with Crippen molar-refractivity contribution in [3.63, 3.8) is 0 Å². The summed E-state index contributed by atoms with van der Waals surface area (Å²) in [6.07, 6.45) is 4.42. The van der Waals surface area contributed by atoms with Crippen LogP contribution in [-0.4, -0.2) is 73.7 Å². The first-order valence-corrected chi connectivity index (χ1v) is 12.8. The lowest BCUT2D eigenvalue weighted by atomic mass is 10.1. The van der Waals surface area contributed by atoms with Crippen molar-refractivity contribution in [3.8, 4) is 11.8 Å². The number of hydrogen-bond donors (Lipinski definition) is 4. The van der Waals surface area contributed by atoms with Crippen LogP contribution in [0.4, 0.5) is 4.79 Å². The highest BCUT2D eigenvalue weighted by atomic mass is 16.6. The number of carbonyl (C=O) groups is 5. The third-order valence-corrected chi connectivity index (χ3v) is 6.48. The molecule has 3 atom stereocenters. The molecule has 5 N–H and O–H groups in total. The summed E-state index contributed by atoms with van der Waals surface area (Å²) in [5.41, 5.74) is 0. The molecule has 0 aromatic heterocycles. The minimum atomic E-state index is -0.941. The minimum absolute atomic E-state index is 0.181. The monoisotopic (exact) mass is 521 g/mol. The Morgan fingerprint density at radius 3 is 2.30 bits per heavy atom. The lowest BCUT2D eigenvalue weighted by Gasteiger charge is -2.20. The van der Waals surface area contributed by atoms with Crippen molar-refractivity contribution >= 4 is 29.8 Å². The second kappa shape index (κ2) is 15.7. The lowest BCUT2D eigenvalue weighted by molar-refractivity contribution is -0.143. The summed E-state index contributed by atoms with van der Waals surface area (Å²) in [5, 5.41) is 8.36. The molecule has 2 aliphatic carbocycles. The number of carbonyl (C=O) groups excluding carboxylic acids is 5. The number of hydrazine groups is 1. The Bertz CT molecular complexity index is 866. The summed E-state index contributed by atoms with van der Waals surface area (Å²) in [7, 11) is 0. The second-order valence-electron chi connectivity index (χ2n) is 9.24. The first-order chi connectivity index (χ1) is 17.7.